The van der Waals surface area contributed by atoms with Crippen LogP contribution in [-0.2, 0) is 5.60 Å². The van der Waals surface area contributed by atoms with Gasteiger partial charge in [0, 0.05) is 24.7 Å². The molecule has 7 nitrogen and oxygen atoms in total. The summed E-state index contributed by atoms with van der Waals surface area (Å²) >= 11 is 0. The zero-order valence-electron chi connectivity index (χ0n) is 14.2. The summed E-state index contributed by atoms with van der Waals surface area (Å²) in [4.78, 5) is 18.6. The maximum absolute atomic E-state index is 13.2. The van der Waals surface area contributed by atoms with Gasteiger partial charge in [-0.25, -0.2) is 4.39 Å². The van der Waals surface area contributed by atoms with Crippen LogP contribution in [0.4, 0.5) is 10.1 Å². The summed E-state index contributed by atoms with van der Waals surface area (Å²) in [6.07, 6.45) is 1.59. The number of hydrogen-bond donors (Lipinski definition) is 2. The van der Waals surface area contributed by atoms with E-state index in [1.807, 2.05) is 0 Å². The van der Waals surface area contributed by atoms with Gasteiger partial charge in [-0.2, -0.15) is 4.98 Å². The third-order valence-electron chi connectivity index (χ3n) is 4.28. The Morgan fingerprint density at radius 2 is 2.24 bits per heavy atom. The van der Waals surface area contributed by atoms with Crippen molar-refractivity contribution in [3.05, 3.63) is 41.3 Å². The van der Waals surface area contributed by atoms with Crippen LogP contribution in [0.25, 0.3) is 0 Å². The number of nitrogens with zero attached hydrogens (tertiary/aromatic N) is 3. The summed E-state index contributed by atoms with van der Waals surface area (Å²) in [5.74, 6) is -0.181. The predicted octanol–water partition coefficient (Wildman–Crippen LogP) is 2.04. The van der Waals surface area contributed by atoms with E-state index < -0.39 is 11.4 Å². The molecule has 0 bridgehead atoms. The van der Waals surface area contributed by atoms with Gasteiger partial charge in [0.05, 0.1) is 5.56 Å². The number of likely N-dealkylation sites (tertiary alicyclic amines) is 1. The van der Waals surface area contributed by atoms with Crippen LogP contribution in [0.15, 0.2) is 22.7 Å². The molecule has 1 aromatic carbocycles. The van der Waals surface area contributed by atoms with Gasteiger partial charge >= 0.3 is 0 Å². The van der Waals surface area contributed by atoms with E-state index in [0.29, 0.717) is 18.9 Å². The molecular formula is C17H21FN4O3. The number of amides is 1. The summed E-state index contributed by atoms with van der Waals surface area (Å²) in [5, 5.41) is 13.9. The molecule has 1 aliphatic rings. The second kappa shape index (κ2) is 6.44. The largest absolute Gasteiger partial charge is 0.398 e. The molecule has 1 aliphatic heterocycles. The van der Waals surface area contributed by atoms with Gasteiger partial charge in [-0.05, 0) is 44.9 Å². The van der Waals surface area contributed by atoms with Gasteiger partial charge in [-0.15, -0.1) is 0 Å². The van der Waals surface area contributed by atoms with Crippen LogP contribution in [0.5, 0.6) is 0 Å². The lowest BCUT2D eigenvalue weighted by Gasteiger charge is -2.31. The number of piperidine rings is 1. The highest BCUT2D eigenvalue weighted by Crippen LogP contribution is 2.28. The summed E-state index contributed by atoms with van der Waals surface area (Å²) in [7, 11) is 0. The topological polar surface area (TPSA) is 105 Å². The summed E-state index contributed by atoms with van der Waals surface area (Å²) in [5.41, 5.74) is 4.97. The van der Waals surface area contributed by atoms with Crippen LogP contribution >= 0.6 is 0 Å². The van der Waals surface area contributed by atoms with Gasteiger partial charge in [0.25, 0.3) is 11.8 Å². The number of aliphatic hydroxyl groups is 1. The minimum atomic E-state index is -1.21. The van der Waals surface area contributed by atoms with Gasteiger partial charge in [-0.3, -0.25) is 4.79 Å². The summed E-state index contributed by atoms with van der Waals surface area (Å²) < 4.78 is 18.3. The zero-order chi connectivity index (χ0) is 18.2. The molecule has 3 N–H and O–H groups in total. The van der Waals surface area contributed by atoms with Crippen LogP contribution in [0, 0.1) is 5.82 Å². The third-order valence-corrected chi connectivity index (χ3v) is 4.28. The van der Waals surface area contributed by atoms with Crippen LogP contribution < -0.4 is 5.73 Å². The number of anilines is 1. The van der Waals surface area contributed by atoms with E-state index in [4.69, 9.17) is 10.3 Å². The minimum Gasteiger partial charge on any atom is -0.398 e. The van der Waals surface area contributed by atoms with Crippen molar-refractivity contribution in [3.8, 4) is 0 Å². The van der Waals surface area contributed by atoms with E-state index in [2.05, 4.69) is 10.1 Å². The Labute approximate surface area is 144 Å². The molecule has 0 aliphatic carbocycles. The van der Waals surface area contributed by atoms with Crippen LogP contribution in [0.3, 0.4) is 0 Å². The standard InChI is InChI=1S/C17H21FN4O3/c1-17(2,24)16-20-14(21-25-16)10-4-3-7-22(9-10)15(23)12-6-5-11(18)8-13(12)19/h5-6,8,10,24H,3-4,7,9,19H2,1-2H3. The average Bonchev–Trinajstić information content (AvgIpc) is 3.05. The third kappa shape index (κ3) is 3.63. The Bertz CT molecular complexity index is 784. The number of halogens is 1. The first kappa shape index (κ1) is 17.3. The first-order valence-corrected chi connectivity index (χ1v) is 8.16. The van der Waals surface area contributed by atoms with E-state index in [1.54, 1.807) is 18.7 Å². The molecule has 134 valence electrons. The molecule has 0 spiro atoms. The first-order valence-electron chi connectivity index (χ1n) is 8.16. The smallest absolute Gasteiger partial charge is 0.258 e. The van der Waals surface area contributed by atoms with Gasteiger partial charge in [0.2, 0.25) is 0 Å². The number of rotatable bonds is 3. The lowest BCUT2D eigenvalue weighted by molar-refractivity contribution is 0.0420. The Morgan fingerprint density at radius 1 is 1.48 bits per heavy atom. The average molecular weight is 348 g/mol. The molecule has 8 heteroatoms. The maximum atomic E-state index is 13.2. The van der Waals surface area contributed by atoms with E-state index in [0.717, 1.165) is 18.9 Å². The van der Waals surface area contributed by atoms with Crippen LogP contribution in [0.1, 0.15) is 54.7 Å². The van der Waals surface area contributed by atoms with Crippen molar-refractivity contribution in [1.29, 1.82) is 0 Å². The molecule has 1 saturated heterocycles. The fraction of sp³-hybridized carbons (Fsp3) is 0.471. The zero-order valence-corrected chi connectivity index (χ0v) is 14.2. The lowest BCUT2D eigenvalue weighted by Crippen LogP contribution is -2.39. The van der Waals surface area contributed by atoms with E-state index in [1.165, 1.54) is 12.1 Å². The molecule has 1 fully saturated rings. The van der Waals surface area contributed by atoms with E-state index >= 15 is 0 Å². The predicted molar refractivity (Wildman–Crippen MR) is 88.2 cm³/mol. The Balaban J connectivity index is 1.77. The maximum Gasteiger partial charge on any atom is 0.258 e. The van der Waals surface area contributed by atoms with Crippen molar-refractivity contribution in [2.24, 2.45) is 0 Å². The SMILES string of the molecule is CC(C)(O)c1nc(C2CCCN(C(=O)c3ccc(F)cc3N)C2)no1. The first-order chi connectivity index (χ1) is 11.8. The highest BCUT2D eigenvalue weighted by Gasteiger charge is 2.31. The highest BCUT2D eigenvalue weighted by atomic mass is 19.1. The normalized spacial score (nSPS) is 18.4. The molecule has 1 aromatic heterocycles. The molecule has 2 heterocycles. The van der Waals surface area contributed by atoms with Crippen LogP contribution in [-0.4, -0.2) is 39.1 Å². The number of carbonyl (C=O) groups excluding carboxylic acids is 1. The Morgan fingerprint density at radius 3 is 2.88 bits per heavy atom. The van der Waals surface area contributed by atoms with Gasteiger partial charge in [0.1, 0.15) is 11.4 Å². The molecule has 1 unspecified atom stereocenters. The number of carbonyl (C=O) groups is 1. The molecule has 1 atom stereocenters. The number of nitrogen functional groups attached to an aromatic ring is 1. The lowest BCUT2D eigenvalue weighted by atomic mass is 9.96. The van der Waals surface area contributed by atoms with E-state index in [9.17, 15) is 14.3 Å². The summed E-state index contributed by atoms with van der Waals surface area (Å²) in [6, 6.07) is 3.76. The number of nitrogens with two attached hydrogens (primary N) is 1. The van der Waals surface area contributed by atoms with Crippen molar-refractivity contribution in [2.45, 2.75) is 38.2 Å². The Hall–Kier alpha value is -2.48. The van der Waals surface area contributed by atoms with Gasteiger partial charge in [0.15, 0.2) is 5.82 Å². The number of hydrogen-bond acceptors (Lipinski definition) is 6. The molecule has 25 heavy (non-hydrogen) atoms. The summed E-state index contributed by atoms with van der Waals surface area (Å²) in [6.45, 7) is 4.14. The van der Waals surface area contributed by atoms with Crippen molar-refractivity contribution in [1.82, 2.24) is 15.0 Å². The number of aromatic nitrogens is 2. The Kier molecular flexibility index (Phi) is 4.47. The monoisotopic (exact) mass is 348 g/mol. The number of benzene rings is 1. The molecule has 3 rings (SSSR count). The van der Waals surface area contributed by atoms with Crippen molar-refractivity contribution < 1.29 is 18.8 Å². The molecule has 2 aromatic rings. The van der Waals surface area contributed by atoms with Crippen molar-refractivity contribution in [2.75, 3.05) is 18.8 Å². The second-order valence-electron chi connectivity index (χ2n) is 6.84. The molecular weight excluding hydrogens is 327 g/mol. The molecule has 1 amide bonds. The van der Waals surface area contributed by atoms with Gasteiger partial charge in [-0.1, -0.05) is 5.16 Å². The molecule has 0 radical (unpaired) electrons. The minimum absolute atomic E-state index is 0.0841. The highest BCUT2D eigenvalue weighted by molar-refractivity contribution is 5.99. The fourth-order valence-corrected chi connectivity index (χ4v) is 2.92. The van der Waals surface area contributed by atoms with Crippen molar-refractivity contribution in [3.63, 3.8) is 0 Å². The fourth-order valence-electron chi connectivity index (χ4n) is 2.92. The quantitative estimate of drug-likeness (QED) is 0.822. The molecule has 0 saturated carbocycles. The van der Waals surface area contributed by atoms with Gasteiger partial charge < -0.3 is 20.3 Å². The van der Waals surface area contributed by atoms with Crippen LogP contribution in [0.2, 0.25) is 0 Å². The van der Waals surface area contributed by atoms with E-state index in [-0.39, 0.29) is 29.0 Å². The second-order valence-corrected chi connectivity index (χ2v) is 6.84. The van der Waals surface area contributed by atoms with Crippen molar-refractivity contribution >= 4 is 11.6 Å².